The van der Waals surface area contributed by atoms with Gasteiger partial charge in [0.25, 0.3) is 11.6 Å². The third kappa shape index (κ3) is 4.93. The van der Waals surface area contributed by atoms with Crippen molar-refractivity contribution in [3.05, 3.63) is 51.6 Å². The van der Waals surface area contributed by atoms with Crippen LogP contribution in [0.25, 0.3) is 10.2 Å². The van der Waals surface area contributed by atoms with Crippen molar-refractivity contribution in [2.45, 2.75) is 6.92 Å². The molecular formula is C21H25ClN4O5S. The summed E-state index contributed by atoms with van der Waals surface area (Å²) in [5, 5.41) is 11.8. The summed E-state index contributed by atoms with van der Waals surface area (Å²) in [6.07, 6.45) is 0. The first-order chi connectivity index (χ1) is 14.8. The van der Waals surface area contributed by atoms with E-state index < -0.39 is 4.92 Å². The van der Waals surface area contributed by atoms with Crippen LogP contribution in [-0.4, -0.2) is 62.1 Å². The van der Waals surface area contributed by atoms with Crippen LogP contribution >= 0.6 is 23.7 Å². The summed E-state index contributed by atoms with van der Waals surface area (Å²) in [6.45, 7) is 2.53. The Kier molecular flexibility index (Phi) is 8.37. The van der Waals surface area contributed by atoms with Crippen molar-refractivity contribution in [3.63, 3.8) is 0 Å². The summed E-state index contributed by atoms with van der Waals surface area (Å²) in [5.41, 5.74) is 1.10. The summed E-state index contributed by atoms with van der Waals surface area (Å²) in [7, 11) is 6.95. The van der Waals surface area contributed by atoms with Crippen molar-refractivity contribution in [1.82, 2.24) is 9.88 Å². The monoisotopic (exact) mass is 480 g/mol. The highest BCUT2D eigenvalue weighted by atomic mass is 35.5. The summed E-state index contributed by atoms with van der Waals surface area (Å²) in [6, 6.07) is 8.07. The summed E-state index contributed by atoms with van der Waals surface area (Å²) in [5.74, 6) is 0.857. The lowest BCUT2D eigenvalue weighted by atomic mass is 10.1. The molecule has 0 N–H and O–H groups in total. The van der Waals surface area contributed by atoms with E-state index in [2.05, 4.69) is 4.98 Å². The summed E-state index contributed by atoms with van der Waals surface area (Å²) >= 11 is 1.31. The average Bonchev–Trinajstić information content (AvgIpc) is 3.17. The molecule has 172 valence electrons. The number of benzene rings is 2. The third-order valence-corrected chi connectivity index (χ3v) is 5.97. The molecule has 1 heterocycles. The van der Waals surface area contributed by atoms with Crippen LogP contribution in [0.15, 0.2) is 30.3 Å². The van der Waals surface area contributed by atoms with Crippen molar-refractivity contribution in [3.8, 4) is 11.5 Å². The van der Waals surface area contributed by atoms with E-state index in [4.69, 9.17) is 9.47 Å². The fourth-order valence-corrected chi connectivity index (χ4v) is 4.27. The number of ether oxygens (including phenoxy) is 2. The SMILES string of the molecule is COc1ccc(OC)c2sc(N(CCN(C)C)C(=O)c3cccc([N+](=O)[O-])c3C)nc12.Cl. The number of carbonyl (C=O) groups excluding carboxylic acids is 1. The van der Waals surface area contributed by atoms with E-state index in [1.54, 1.807) is 44.2 Å². The molecule has 0 saturated carbocycles. The largest absolute Gasteiger partial charge is 0.495 e. The predicted molar refractivity (Wildman–Crippen MR) is 128 cm³/mol. The van der Waals surface area contributed by atoms with Crippen molar-refractivity contribution in [1.29, 1.82) is 0 Å². The van der Waals surface area contributed by atoms with Crippen LogP contribution in [0.1, 0.15) is 15.9 Å². The molecule has 1 amide bonds. The molecule has 0 atom stereocenters. The number of hydrogen-bond donors (Lipinski definition) is 0. The van der Waals surface area contributed by atoms with Gasteiger partial charge in [-0.25, -0.2) is 4.98 Å². The van der Waals surface area contributed by atoms with Crippen LogP contribution in [-0.2, 0) is 0 Å². The molecule has 3 aromatic rings. The molecule has 0 aliphatic heterocycles. The third-order valence-electron chi connectivity index (χ3n) is 4.88. The maximum atomic E-state index is 13.5. The molecule has 0 radical (unpaired) electrons. The van der Waals surface area contributed by atoms with E-state index in [0.717, 1.165) is 4.70 Å². The Bertz CT molecular complexity index is 1090. The zero-order chi connectivity index (χ0) is 22.7. The Morgan fingerprint density at radius 2 is 1.78 bits per heavy atom. The molecule has 9 nitrogen and oxygen atoms in total. The molecule has 32 heavy (non-hydrogen) atoms. The fourth-order valence-electron chi connectivity index (χ4n) is 3.17. The number of halogens is 1. The van der Waals surface area contributed by atoms with Gasteiger partial charge in [0.2, 0.25) is 0 Å². The Hall–Kier alpha value is -2.95. The number of nitro benzene ring substituents is 1. The second-order valence-electron chi connectivity index (χ2n) is 7.11. The van der Waals surface area contributed by atoms with E-state index in [0.29, 0.717) is 40.8 Å². The van der Waals surface area contributed by atoms with E-state index in [9.17, 15) is 14.9 Å². The van der Waals surface area contributed by atoms with Gasteiger partial charge in [-0.3, -0.25) is 19.8 Å². The Morgan fingerprint density at radius 1 is 1.12 bits per heavy atom. The molecule has 11 heteroatoms. The second-order valence-corrected chi connectivity index (χ2v) is 8.09. The fraction of sp³-hybridized carbons (Fsp3) is 0.333. The lowest BCUT2D eigenvalue weighted by Gasteiger charge is -2.22. The first kappa shape index (κ1) is 25.3. The highest BCUT2D eigenvalue weighted by Gasteiger charge is 2.27. The Balaban J connectivity index is 0.00000363. The number of hydrogen-bond acceptors (Lipinski definition) is 8. The van der Waals surface area contributed by atoms with Crippen LogP contribution in [0.2, 0.25) is 0 Å². The lowest BCUT2D eigenvalue weighted by Crippen LogP contribution is -2.37. The molecule has 0 spiro atoms. The van der Waals surface area contributed by atoms with Crippen molar-refractivity contribution in [2.24, 2.45) is 0 Å². The van der Waals surface area contributed by atoms with E-state index in [-0.39, 0.29) is 29.6 Å². The van der Waals surface area contributed by atoms with Gasteiger partial charge in [0.15, 0.2) is 5.13 Å². The topological polar surface area (TPSA) is 98.0 Å². The highest BCUT2D eigenvalue weighted by molar-refractivity contribution is 7.22. The molecule has 0 bridgehead atoms. The normalized spacial score (nSPS) is 10.7. The first-order valence-corrected chi connectivity index (χ1v) is 10.3. The molecule has 0 fully saturated rings. The number of likely N-dealkylation sites (N-methyl/N-ethyl adjacent to an activating group) is 1. The molecular weight excluding hydrogens is 456 g/mol. The lowest BCUT2D eigenvalue weighted by molar-refractivity contribution is -0.385. The molecule has 0 unspecified atom stereocenters. The van der Waals surface area contributed by atoms with Gasteiger partial charge in [-0.1, -0.05) is 17.4 Å². The van der Waals surface area contributed by atoms with Crippen molar-refractivity contribution < 1.29 is 19.2 Å². The highest BCUT2D eigenvalue weighted by Crippen LogP contribution is 2.40. The van der Waals surface area contributed by atoms with Crippen LogP contribution in [0.4, 0.5) is 10.8 Å². The standard InChI is InChI=1S/C21H24N4O5S.ClH/c1-13-14(7-6-8-15(13)25(27)28)20(26)24(12-11-23(2)3)21-22-18-16(29-4)9-10-17(30-5)19(18)31-21;/h6-10H,11-12H2,1-5H3;1H. The Morgan fingerprint density at radius 3 is 2.38 bits per heavy atom. The molecule has 1 aromatic heterocycles. The number of thiazole rings is 1. The van der Waals surface area contributed by atoms with Gasteiger partial charge in [0, 0.05) is 30.3 Å². The van der Waals surface area contributed by atoms with Gasteiger partial charge in [-0.2, -0.15) is 0 Å². The van der Waals surface area contributed by atoms with Crippen molar-refractivity contribution >= 4 is 50.7 Å². The number of anilines is 1. The number of carbonyl (C=O) groups is 1. The van der Waals surface area contributed by atoms with Gasteiger partial charge in [0.1, 0.15) is 21.7 Å². The number of methoxy groups -OCH3 is 2. The van der Waals surface area contributed by atoms with E-state index in [1.165, 1.54) is 23.5 Å². The maximum Gasteiger partial charge on any atom is 0.273 e. The quantitative estimate of drug-likeness (QED) is 0.352. The number of aromatic nitrogens is 1. The molecule has 2 aromatic carbocycles. The molecule has 0 aliphatic rings. The predicted octanol–water partition coefficient (Wildman–Crippen LogP) is 4.16. The van der Waals surface area contributed by atoms with Crippen LogP contribution in [0, 0.1) is 17.0 Å². The summed E-state index contributed by atoms with van der Waals surface area (Å²) in [4.78, 5) is 32.6. The number of nitro groups is 1. The van der Waals surface area contributed by atoms with Gasteiger partial charge in [0.05, 0.1) is 19.1 Å². The molecule has 0 saturated heterocycles. The number of rotatable bonds is 8. The van der Waals surface area contributed by atoms with Gasteiger partial charge in [-0.15, -0.1) is 12.4 Å². The minimum Gasteiger partial charge on any atom is -0.495 e. The number of fused-ring (bicyclic) bond motifs is 1. The summed E-state index contributed by atoms with van der Waals surface area (Å²) < 4.78 is 11.6. The van der Waals surface area contributed by atoms with Gasteiger partial charge < -0.3 is 14.4 Å². The molecule has 0 aliphatic carbocycles. The zero-order valence-corrected chi connectivity index (χ0v) is 20.1. The minimum absolute atomic E-state index is 0. The maximum absolute atomic E-state index is 13.5. The number of amides is 1. The molecule has 3 rings (SSSR count). The van der Waals surface area contributed by atoms with Gasteiger partial charge >= 0.3 is 0 Å². The van der Waals surface area contributed by atoms with Crippen LogP contribution < -0.4 is 14.4 Å². The number of nitrogens with zero attached hydrogens (tertiary/aromatic N) is 4. The van der Waals surface area contributed by atoms with E-state index >= 15 is 0 Å². The smallest absolute Gasteiger partial charge is 0.273 e. The first-order valence-electron chi connectivity index (χ1n) is 9.50. The average molecular weight is 481 g/mol. The second kappa shape index (κ2) is 10.6. The van der Waals surface area contributed by atoms with Crippen molar-refractivity contribution in [2.75, 3.05) is 46.3 Å². The minimum atomic E-state index is -0.482. The van der Waals surface area contributed by atoms with Crippen LogP contribution in [0.5, 0.6) is 11.5 Å². The Labute approximate surface area is 196 Å². The van der Waals surface area contributed by atoms with Gasteiger partial charge in [-0.05, 0) is 39.2 Å². The van der Waals surface area contributed by atoms with Crippen LogP contribution in [0.3, 0.4) is 0 Å². The zero-order valence-electron chi connectivity index (χ0n) is 18.4. The van der Waals surface area contributed by atoms with E-state index in [1.807, 2.05) is 19.0 Å².